The summed E-state index contributed by atoms with van der Waals surface area (Å²) < 4.78 is 5.46. The van der Waals surface area contributed by atoms with E-state index >= 15 is 0 Å². The number of fused-ring (bicyclic) bond motifs is 4. The molecule has 1 aliphatic carbocycles. The summed E-state index contributed by atoms with van der Waals surface area (Å²) in [6.07, 6.45) is 5.35. The maximum atomic E-state index is 5.46. The minimum atomic E-state index is 0. The zero-order chi connectivity index (χ0) is 15.6. The molecule has 1 aromatic heterocycles. The molecule has 5 atom stereocenters. The fourth-order valence-electron chi connectivity index (χ4n) is 5.80. The molecular formula is C20H27ClN2O. The van der Waals surface area contributed by atoms with Crippen molar-refractivity contribution in [2.24, 2.45) is 11.8 Å². The first-order chi connectivity index (χ1) is 11.3. The van der Waals surface area contributed by atoms with Crippen LogP contribution < -0.4 is 4.74 Å². The van der Waals surface area contributed by atoms with E-state index in [1.54, 1.807) is 18.4 Å². The van der Waals surface area contributed by atoms with Crippen LogP contribution in [0.5, 0.6) is 5.75 Å². The molecule has 4 heterocycles. The van der Waals surface area contributed by atoms with Gasteiger partial charge in [-0.05, 0) is 54.9 Å². The first-order valence-electron chi connectivity index (χ1n) is 9.21. The Labute approximate surface area is 150 Å². The van der Waals surface area contributed by atoms with E-state index < -0.39 is 0 Å². The van der Waals surface area contributed by atoms with Crippen molar-refractivity contribution >= 4 is 23.3 Å². The summed E-state index contributed by atoms with van der Waals surface area (Å²) in [4.78, 5) is 6.63. The van der Waals surface area contributed by atoms with Crippen LogP contribution in [0.15, 0.2) is 18.2 Å². The summed E-state index contributed by atoms with van der Waals surface area (Å²) in [5, 5.41) is 1.39. The van der Waals surface area contributed by atoms with Crippen molar-refractivity contribution in [2.75, 3.05) is 20.2 Å². The minimum Gasteiger partial charge on any atom is -0.497 e. The van der Waals surface area contributed by atoms with Crippen molar-refractivity contribution in [3.63, 3.8) is 0 Å². The van der Waals surface area contributed by atoms with Crippen molar-refractivity contribution < 1.29 is 4.74 Å². The van der Waals surface area contributed by atoms with Crippen molar-refractivity contribution in [1.29, 1.82) is 0 Å². The van der Waals surface area contributed by atoms with Gasteiger partial charge in [-0.25, -0.2) is 0 Å². The molecule has 3 nitrogen and oxygen atoms in total. The van der Waals surface area contributed by atoms with Gasteiger partial charge in [-0.3, -0.25) is 4.90 Å². The lowest BCUT2D eigenvalue weighted by molar-refractivity contribution is -0.0134. The molecule has 0 amide bonds. The Hall–Kier alpha value is -1.19. The normalized spacial score (nSPS) is 33.7. The van der Waals surface area contributed by atoms with Gasteiger partial charge in [0.15, 0.2) is 0 Å². The Morgan fingerprint density at radius 2 is 2.17 bits per heavy atom. The van der Waals surface area contributed by atoms with E-state index in [1.807, 2.05) is 0 Å². The molecule has 4 bridgehead atoms. The highest BCUT2D eigenvalue weighted by molar-refractivity contribution is 5.86. The molecule has 0 spiro atoms. The average Bonchev–Trinajstić information content (AvgIpc) is 2.92. The lowest BCUT2D eigenvalue weighted by Crippen LogP contribution is -2.56. The molecule has 24 heavy (non-hydrogen) atoms. The minimum absolute atomic E-state index is 0. The lowest BCUT2D eigenvalue weighted by atomic mass is 9.65. The number of hydrogen-bond donors (Lipinski definition) is 1. The van der Waals surface area contributed by atoms with Crippen LogP contribution in [0.4, 0.5) is 0 Å². The van der Waals surface area contributed by atoms with Gasteiger partial charge in [0.05, 0.1) is 7.11 Å². The van der Waals surface area contributed by atoms with Gasteiger partial charge in [0.25, 0.3) is 0 Å². The van der Waals surface area contributed by atoms with E-state index in [0.29, 0.717) is 5.92 Å². The number of halogens is 1. The third-order valence-electron chi connectivity index (χ3n) is 6.72. The number of benzene rings is 1. The molecular weight excluding hydrogens is 320 g/mol. The molecule has 1 aromatic carbocycles. The molecule has 2 aromatic rings. The SMILES string of the molecule is CC[C@H]1C[C@H]2C[C@H]3c4[nH]c5ccc(OC)cc5c4CCN(C2)[C@@H]13.Cl. The van der Waals surface area contributed by atoms with Crippen LogP contribution in [-0.4, -0.2) is 36.1 Å². The maximum absolute atomic E-state index is 5.46. The van der Waals surface area contributed by atoms with Gasteiger partial charge in [0.1, 0.15) is 5.75 Å². The van der Waals surface area contributed by atoms with E-state index in [-0.39, 0.29) is 12.4 Å². The highest BCUT2D eigenvalue weighted by Gasteiger charge is 2.48. The highest BCUT2D eigenvalue weighted by atomic mass is 35.5. The summed E-state index contributed by atoms with van der Waals surface area (Å²) in [7, 11) is 1.76. The van der Waals surface area contributed by atoms with Gasteiger partial charge in [0, 0.05) is 41.6 Å². The number of H-pyrrole nitrogens is 1. The van der Waals surface area contributed by atoms with Gasteiger partial charge >= 0.3 is 0 Å². The number of hydrogen-bond acceptors (Lipinski definition) is 2. The zero-order valence-corrected chi connectivity index (χ0v) is 15.4. The first-order valence-corrected chi connectivity index (χ1v) is 9.21. The highest BCUT2D eigenvalue weighted by Crippen LogP contribution is 2.51. The van der Waals surface area contributed by atoms with Gasteiger partial charge in [-0.15, -0.1) is 12.4 Å². The molecule has 2 saturated heterocycles. The Morgan fingerprint density at radius 1 is 1.29 bits per heavy atom. The second-order valence-corrected chi connectivity index (χ2v) is 7.78. The summed E-state index contributed by atoms with van der Waals surface area (Å²) in [6, 6.07) is 7.26. The number of nitrogens with zero attached hydrogens (tertiary/aromatic N) is 1. The van der Waals surface area contributed by atoms with Crippen LogP contribution in [0.1, 0.15) is 43.4 Å². The number of ether oxygens (including phenoxy) is 1. The van der Waals surface area contributed by atoms with Crippen molar-refractivity contribution in [3.05, 3.63) is 29.5 Å². The summed E-state index contributed by atoms with van der Waals surface area (Å²) in [6.45, 7) is 4.95. The third-order valence-corrected chi connectivity index (χ3v) is 6.72. The van der Waals surface area contributed by atoms with Crippen LogP contribution in [0.25, 0.3) is 10.9 Å². The molecule has 130 valence electrons. The smallest absolute Gasteiger partial charge is 0.119 e. The standard InChI is InChI=1S/C20H26N2O.ClH/c1-3-13-8-12-9-17-19-15(6-7-22(11-12)20(13)17)16-10-14(23-2)4-5-18(16)21-19;/h4-5,10,12-13,17,20-21H,3,6-9,11H2,1-2H3;1H/t12-,13-,17-,20-;/m0./s1. The second-order valence-electron chi connectivity index (χ2n) is 7.78. The second kappa shape index (κ2) is 5.96. The molecule has 3 fully saturated rings. The van der Waals surface area contributed by atoms with Crippen LogP contribution in [0.2, 0.25) is 0 Å². The largest absolute Gasteiger partial charge is 0.497 e. The van der Waals surface area contributed by atoms with Gasteiger partial charge in [-0.2, -0.15) is 0 Å². The molecule has 1 saturated carbocycles. The monoisotopic (exact) mass is 346 g/mol. The quantitative estimate of drug-likeness (QED) is 0.875. The maximum Gasteiger partial charge on any atom is 0.119 e. The third kappa shape index (κ3) is 2.21. The number of rotatable bonds is 2. The Bertz CT molecular complexity index is 755. The van der Waals surface area contributed by atoms with E-state index in [0.717, 1.165) is 23.6 Å². The number of aromatic nitrogens is 1. The Kier molecular flexibility index (Phi) is 4.04. The topological polar surface area (TPSA) is 28.3 Å². The number of aromatic amines is 1. The fraction of sp³-hybridized carbons (Fsp3) is 0.600. The van der Waals surface area contributed by atoms with Crippen molar-refractivity contribution in [2.45, 2.75) is 44.6 Å². The lowest BCUT2D eigenvalue weighted by Gasteiger charge is -2.53. The van der Waals surface area contributed by atoms with Crippen molar-refractivity contribution in [3.8, 4) is 5.75 Å². The predicted molar refractivity (Wildman–Crippen MR) is 100 cm³/mol. The zero-order valence-electron chi connectivity index (χ0n) is 14.5. The molecule has 1 N–H and O–H groups in total. The molecule has 0 radical (unpaired) electrons. The Morgan fingerprint density at radius 3 is 2.96 bits per heavy atom. The summed E-state index contributed by atoms with van der Waals surface area (Å²) >= 11 is 0. The van der Waals surface area contributed by atoms with E-state index in [1.165, 1.54) is 49.7 Å². The van der Waals surface area contributed by atoms with Crippen LogP contribution >= 0.6 is 12.4 Å². The predicted octanol–water partition coefficient (Wildman–Crippen LogP) is 4.36. The van der Waals surface area contributed by atoms with E-state index in [4.69, 9.17) is 4.74 Å². The fourth-order valence-corrected chi connectivity index (χ4v) is 5.80. The molecule has 3 aliphatic heterocycles. The van der Waals surface area contributed by atoms with Gasteiger partial charge in [0.2, 0.25) is 0 Å². The van der Waals surface area contributed by atoms with Crippen LogP contribution in [-0.2, 0) is 6.42 Å². The van der Waals surface area contributed by atoms with Crippen LogP contribution in [0, 0.1) is 11.8 Å². The molecule has 4 aliphatic rings. The molecule has 1 unspecified atom stereocenters. The van der Waals surface area contributed by atoms with E-state index in [2.05, 4.69) is 35.0 Å². The first kappa shape index (κ1) is 16.3. The van der Waals surface area contributed by atoms with Gasteiger partial charge < -0.3 is 9.72 Å². The van der Waals surface area contributed by atoms with Gasteiger partial charge in [-0.1, -0.05) is 13.3 Å². The van der Waals surface area contributed by atoms with E-state index in [9.17, 15) is 0 Å². The van der Waals surface area contributed by atoms with Crippen LogP contribution in [0.3, 0.4) is 0 Å². The van der Waals surface area contributed by atoms with Crippen molar-refractivity contribution in [1.82, 2.24) is 9.88 Å². The number of piperidine rings is 2. The number of nitrogens with one attached hydrogen (secondary N) is 1. The Balaban J connectivity index is 0.00000146. The molecule has 4 heteroatoms. The molecule has 6 rings (SSSR count). The number of methoxy groups -OCH3 is 1. The average molecular weight is 347 g/mol. The summed E-state index contributed by atoms with van der Waals surface area (Å²) in [5.41, 5.74) is 4.40. The summed E-state index contributed by atoms with van der Waals surface area (Å²) in [5.74, 6) is 3.48.